The summed E-state index contributed by atoms with van der Waals surface area (Å²) in [5, 5.41) is 6.45. The zero-order valence-electron chi connectivity index (χ0n) is 16.1. The molecule has 0 aliphatic carbocycles. The van der Waals surface area contributed by atoms with E-state index in [0.29, 0.717) is 18.9 Å². The molecule has 8 heteroatoms. The molecule has 0 fully saturated rings. The van der Waals surface area contributed by atoms with Gasteiger partial charge in [-0.05, 0) is 37.5 Å². The van der Waals surface area contributed by atoms with Crippen molar-refractivity contribution in [2.45, 2.75) is 45.7 Å². The van der Waals surface area contributed by atoms with Gasteiger partial charge in [0.25, 0.3) is 0 Å². The minimum atomic E-state index is -2.95. The molecule has 26 heavy (non-hydrogen) atoms. The van der Waals surface area contributed by atoms with Crippen molar-refractivity contribution in [1.82, 2.24) is 10.6 Å². The smallest absolute Gasteiger partial charge is 0.191 e. The van der Waals surface area contributed by atoms with Crippen LogP contribution in [-0.2, 0) is 16.4 Å². The lowest BCUT2D eigenvalue weighted by atomic mass is 10.2. The average molecular weight is 497 g/mol. The van der Waals surface area contributed by atoms with Crippen molar-refractivity contribution in [1.29, 1.82) is 0 Å². The summed E-state index contributed by atoms with van der Waals surface area (Å²) in [5.41, 5.74) is 1.10. The van der Waals surface area contributed by atoms with Crippen LogP contribution in [0.3, 0.4) is 0 Å². The molecule has 0 saturated carbocycles. The van der Waals surface area contributed by atoms with Crippen LogP contribution < -0.4 is 15.4 Å². The van der Waals surface area contributed by atoms with Crippen LogP contribution >= 0.6 is 24.0 Å². The number of hydrogen-bond donors (Lipinski definition) is 2. The summed E-state index contributed by atoms with van der Waals surface area (Å²) in [6.45, 7) is 5.43. The largest absolute Gasteiger partial charge is 0.494 e. The van der Waals surface area contributed by atoms with E-state index in [9.17, 15) is 8.42 Å². The van der Waals surface area contributed by atoms with Crippen LogP contribution in [0, 0.1) is 0 Å². The van der Waals surface area contributed by atoms with Gasteiger partial charge in [0, 0.05) is 25.9 Å². The number of hydrogen-bond acceptors (Lipinski definition) is 4. The van der Waals surface area contributed by atoms with Crippen LogP contribution in [0.15, 0.2) is 29.3 Å². The second-order valence-corrected chi connectivity index (χ2v) is 8.50. The van der Waals surface area contributed by atoms with E-state index in [4.69, 9.17) is 4.74 Å². The fraction of sp³-hybridized carbons (Fsp3) is 0.611. The van der Waals surface area contributed by atoms with Crippen molar-refractivity contribution in [3.8, 4) is 5.75 Å². The quantitative estimate of drug-likeness (QED) is 0.225. The third-order valence-electron chi connectivity index (χ3n) is 3.65. The van der Waals surface area contributed by atoms with Crippen LogP contribution in [0.2, 0.25) is 0 Å². The Kier molecular flexibility index (Phi) is 12.7. The normalized spacial score (nSPS) is 12.8. The minimum Gasteiger partial charge on any atom is -0.494 e. The first kappa shape index (κ1) is 25.0. The molecule has 2 N–H and O–H groups in total. The highest BCUT2D eigenvalue weighted by Gasteiger charge is 2.09. The van der Waals surface area contributed by atoms with Gasteiger partial charge in [0.05, 0.1) is 12.4 Å². The van der Waals surface area contributed by atoms with Gasteiger partial charge in [0.15, 0.2) is 5.96 Å². The molecule has 150 valence electrons. The second kappa shape index (κ2) is 13.2. The van der Waals surface area contributed by atoms with Crippen LogP contribution in [-0.4, -0.2) is 46.1 Å². The van der Waals surface area contributed by atoms with Gasteiger partial charge in [0.2, 0.25) is 0 Å². The Labute approximate surface area is 175 Å². The Morgan fingerprint density at radius 2 is 2.08 bits per heavy atom. The zero-order valence-corrected chi connectivity index (χ0v) is 19.3. The second-order valence-electron chi connectivity index (χ2n) is 6.24. The molecule has 1 atom stereocenters. The number of halogens is 1. The first-order valence-electron chi connectivity index (χ1n) is 8.70. The molecular weight excluding hydrogens is 465 g/mol. The fourth-order valence-corrected chi connectivity index (χ4v) is 2.94. The summed E-state index contributed by atoms with van der Waals surface area (Å²) in [5.74, 6) is 1.69. The molecule has 0 aromatic heterocycles. The zero-order chi connectivity index (χ0) is 18.7. The molecule has 1 rings (SSSR count). The van der Waals surface area contributed by atoms with Crippen LogP contribution in [0.5, 0.6) is 5.75 Å². The molecular formula is C18H32IN3O3S. The summed E-state index contributed by atoms with van der Waals surface area (Å²) in [6.07, 6.45) is 3.95. The molecule has 1 aromatic carbocycles. The predicted molar refractivity (Wildman–Crippen MR) is 119 cm³/mol. The van der Waals surface area contributed by atoms with Crippen molar-refractivity contribution < 1.29 is 13.2 Å². The van der Waals surface area contributed by atoms with Gasteiger partial charge in [-0.15, -0.1) is 24.0 Å². The Hall–Kier alpha value is -1.03. The van der Waals surface area contributed by atoms with Crippen molar-refractivity contribution >= 4 is 39.8 Å². The molecule has 0 spiro atoms. The van der Waals surface area contributed by atoms with E-state index >= 15 is 0 Å². The highest BCUT2D eigenvalue weighted by Crippen LogP contribution is 2.13. The third kappa shape index (κ3) is 11.6. The maximum atomic E-state index is 11.2. The number of sulfone groups is 1. The standard InChI is InChI=1S/C18H31N3O3S.HI/c1-5-6-11-24-17-9-7-8-16(13-17)14-20-18(19-3)21-15(2)10-12-25(4,22)23;/h7-9,13,15H,5-6,10-12,14H2,1-4H3,(H2,19,20,21);1H. The Bertz CT molecular complexity index is 651. The van der Waals surface area contributed by atoms with Gasteiger partial charge in [-0.25, -0.2) is 8.42 Å². The van der Waals surface area contributed by atoms with E-state index < -0.39 is 9.84 Å². The maximum absolute atomic E-state index is 11.2. The highest BCUT2D eigenvalue weighted by atomic mass is 127. The van der Waals surface area contributed by atoms with E-state index in [1.54, 1.807) is 7.05 Å². The first-order chi connectivity index (χ1) is 11.8. The molecule has 0 saturated heterocycles. The molecule has 0 bridgehead atoms. The van der Waals surface area contributed by atoms with Gasteiger partial charge >= 0.3 is 0 Å². The first-order valence-corrected chi connectivity index (χ1v) is 10.8. The Morgan fingerprint density at radius 1 is 1.35 bits per heavy atom. The number of ether oxygens (including phenoxy) is 1. The van der Waals surface area contributed by atoms with Gasteiger partial charge in [-0.1, -0.05) is 25.5 Å². The third-order valence-corrected chi connectivity index (χ3v) is 4.63. The van der Waals surface area contributed by atoms with Crippen LogP contribution in [0.4, 0.5) is 0 Å². The lowest BCUT2D eigenvalue weighted by molar-refractivity contribution is 0.309. The molecule has 1 aromatic rings. The SMILES string of the molecule is CCCCOc1cccc(CNC(=NC)NC(C)CCS(C)(=O)=O)c1.I. The maximum Gasteiger partial charge on any atom is 0.191 e. The summed E-state index contributed by atoms with van der Waals surface area (Å²) in [4.78, 5) is 4.18. The van der Waals surface area contributed by atoms with Crippen molar-refractivity contribution in [2.75, 3.05) is 25.7 Å². The molecule has 0 radical (unpaired) electrons. The lowest BCUT2D eigenvalue weighted by Crippen LogP contribution is -2.42. The van der Waals surface area contributed by atoms with E-state index in [1.165, 1.54) is 6.26 Å². The van der Waals surface area contributed by atoms with Gasteiger partial charge in [-0.2, -0.15) is 0 Å². The van der Waals surface area contributed by atoms with E-state index in [1.807, 2.05) is 31.2 Å². The molecule has 0 aliphatic heterocycles. The van der Waals surface area contributed by atoms with E-state index in [0.717, 1.165) is 30.8 Å². The van der Waals surface area contributed by atoms with Gasteiger partial charge in [-0.3, -0.25) is 4.99 Å². The predicted octanol–water partition coefficient (Wildman–Crippen LogP) is 2.97. The summed E-state index contributed by atoms with van der Waals surface area (Å²) in [6, 6.07) is 8.00. The van der Waals surface area contributed by atoms with Gasteiger partial charge < -0.3 is 15.4 Å². The van der Waals surface area contributed by atoms with Crippen LogP contribution in [0.1, 0.15) is 38.7 Å². The number of guanidine groups is 1. The van der Waals surface area contributed by atoms with E-state index in [-0.39, 0.29) is 35.8 Å². The lowest BCUT2D eigenvalue weighted by Gasteiger charge is -2.18. The molecule has 0 aliphatic rings. The molecule has 6 nitrogen and oxygen atoms in total. The number of nitrogens with zero attached hydrogens (tertiary/aromatic N) is 1. The summed E-state index contributed by atoms with van der Waals surface area (Å²) in [7, 11) is -1.25. The molecule has 0 heterocycles. The van der Waals surface area contributed by atoms with Crippen LogP contribution in [0.25, 0.3) is 0 Å². The Morgan fingerprint density at radius 3 is 2.69 bits per heavy atom. The number of benzene rings is 1. The van der Waals surface area contributed by atoms with Crippen molar-refractivity contribution in [3.63, 3.8) is 0 Å². The fourth-order valence-electron chi connectivity index (χ4n) is 2.16. The van der Waals surface area contributed by atoms with E-state index in [2.05, 4.69) is 22.5 Å². The molecule has 1 unspecified atom stereocenters. The Balaban J connectivity index is 0.00000625. The minimum absolute atomic E-state index is 0. The number of rotatable bonds is 10. The summed E-state index contributed by atoms with van der Waals surface area (Å²) >= 11 is 0. The highest BCUT2D eigenvalue weighted by molar-refractivity contribution is 14.0. The van der Waals surface area contributed by atoms with Crippen molar-refractivity contribution in [2.24, 2.45) is 4.99 Å². The van der Waals surface area contributed by atoms with Crippen molar-refractivity contribution in [3.05, 3.63) is 29.8 Å². The number of nitrogens with one attached hydrogen (secondary N) is 2. The summed E-state index contributed by atoms with van der Waals surface area (Å²) < 4.78 is 28.2. The number of unbranched alkanes of at least 4 members (excludes halogenated alkanes) is 1. The molecule has 0 amide bonds. The van der Waals surface area contributed by atoms with Gasteiger partial charge in [0.1, 0.15) is 15.6 Å². The topological polar surface area (TPSA) is 79.8 Å². The monoisotopic (exact) mass is 497 g/mol. The average Bonchev–Trinajstić information content (AvgIpc) is 2.57. The number of aliphatic imine (C=N–C) groups is 1.